The number of rotatable bonds is 3. The molecule has 0 saturated carbocycles. The molecule has 0 unspecified atom stereocenters. The minimum absolute atomic E-state index is 0.0666. The number of pyridine rings is 1. The van der Waals surface area contributed by atoms with Crippen LogP contribution in [0.4, 0.5) is 0 Å². The Labute approximate surface area is 120 Å². The van der Waals surface area contributed by atoms with Crippen LogP contribution in [-0.2, 0) is 12.4 Å². The second-order valence-electron chi connectivity index (χ2n) is 4.43. The molecule has 0 N–H and O–H groups in total. The number of para-hydroxylation sites is 1. The molecule has 0 fully saturated rings. The summed E-state index contributed by atoms with van der Waals surface area (Å²) >= 11 is 5.94. The number of benzene rings is 1. The Morgan fingerprint density at radius 2 is 1.85 bits per heavy atom. The first-order valence-electron chi connectivity index (χ1n) is 6.23. The van der Waals surface area contributed by atoms with Gasteiger partial charge in [-0.2, -0.15) is 0 Å². The van der Waals surface area contributed by atoms with Gasteiger partial charge < -0.3 is 0 Å². The van der Waals surface area contributed by atoms with E-state index in [2.05, 4.69) is 9.97 Å². The number of hydrogen-bond donors (Lipinski definition) is 0. The molecule has 0 radical (unpaired) electrons. The highest BCUT2D eigenvalue weighted by atomic mass is 35.5. The lowest BCUT2D eigenvalue weighted by Gasteiger charge is -2.11. The molecule has 3 rings (SSSR count). The number of hydrogen-bond acceptors (Lipinski definition) is 3. The van der Waals surface area contributed by atoms with E-state index in [9.17, 15) is 4.79 Å². The number of halogens is 1. The van der Waals surface area contributed by atoms with Gasteiger partial charge in [0.1, 0.15) is 5.82 Å². The second-order valence-corrected chi connectivity index (χ2v) is 4.69. The molecular weight excluding hydrogens is 274 g/mol. The summed E-state index contributed by atoms with van der Waals surface area (Å²) in [5.41, 5.74) is 1.60. The first-order valence-corrected chi connectivity index (χ1v) is 6.76. The molecule has 3 aromatic rings. The van der Waals surface area contributed by atoms with E-state index >= 15 is 0 Å². The van der Waals surface area contributed by atoms with E-state index in [1.807, 2.05) is 30.3 Å². The van der Waals surface area contributed by atoms with Gasteiger partial charge in [-0.25, -0.2) is 4.98 Å². The van der Waals surface area contributed by atoms with E-state index in [4.69, 9.17) is 11.6 Å². The minimum atomic E-state index is -0.0666. The van der Waals surface area contributed by atoms with Gasteiger partial charge in [0.15, 0.2) is 0 Å². The normalized spacial score (nSPS) is 10.8. The molecule has 20 heavy (non-hydrogen) atoms. The Kier molecular flexibility index (Phi) is 3.48. The van der Waals surface area contributed by atoms with Crippen LogP contribution >= 0.6 is 11.6 Å². The van der Waals surface area contributed by atoms with Crippen molar-refractivity contribution >= 4 is 22.5 Å². The van der Waals surface area contributed by atoms with Crippen molar-refractivity contribution in [2.75, 3.05) is 0 Å². The zero-order valence-corrected chi connectivity index (χ0v) is 11.4. The van der Waals surface area contributed by atoms with Crippen molar-refractivity contribution in [3.63, 3.8) is 0 Å². The van der Waals surface area contributed by atoms with Gasteiger partial charge in [0, 0.05) is 12.4 Å². The van der Waals surface area contributed by atoms with E-state index in [0.717, 1.165) is 5.56 Å². The summed E-state index contributed by atoms with van der Waals surface area (Å²) in [4.78, 5) is 21.0. The Hall–Kier alpha value is -2.20. The van der Waals surface area contributed by atoms with Crippen molar-refractivity contribution in [2.24, 2.45) is 0 Å². The average Bonchev–Trinajstić information content (AvgIpc) is 2.51. The van der Waals surface area contributed by atoms with Crippen molar-refractivity contribution in [3.8, 4) is 0 Å². The van der Waals surface area contributed by atoms with Crippen LogP contribution in [-0.4, -0.2) is 14.5 Å². The Bertz CT molecular complexity index is 799. The lowest BCUT2D eigenvalue weighted by Crippen LogP contribution is -2.25. The fraction of sp³-hybridized carbons (Fsp3) is 0.133. The highest BCUT2D eigenvalue weighted by Gasteiger charge is 2.10. The van der Waals surface area contributed by atoms with Gasteiger partial charge in [-0.15, -0.1) is 11.6 Å². The number of aromatic nitrogens is 3. The summed E-state index contributed by atoms with van der Waals surface area (Å²) in [6.45, 7) is 0.446. The molecule has 2 aromatic heterocycles. The summed E-state index contributed by atoms with van der Waals surface area (Å²) in [5.74, 6) is 0.776. The molecule has 0 aliphatic heterocycles. The van der Waals surface area contributed by atoms with Crippen LogP contribution in [0.15, 0.2) is 53.6 Å². The van der Waals surface area contributed by atoms with Crippen LogP contribution in [0.1, 0.15) is 11.4 Å². The van der Waals surface area contributed by atoms with E-state index < -0.39 is 0 Å². The number of nitrogens with zero attached hydrogens (tertiary/aromatic N) is 3. The van der Waals surface area contributed by atoms with Crippen LogP contribution in [0.2, 0.25) is 0 Å². The minimum Gasteiger partial charge on any atom is -0.291 e. The number of alkyl halides is 1. The summed E-state index contributed by atoms with van der Waals surface area (Å²) in [7, 11) is 0. The van der Waals surface area contributed by atoms with Crippen LogP contribution in [0, 0.1) is 0 Å². The molecule has 4 nitrogen and oxygen atoms in total. The molecule has 0 spiro atoms. The van der Waals surface area contributed by atoms with Gasteiger partial charge in [-0.05, 0) is 29.8 Å². The van der Waals surface area contributed by atoms with Gasteiger partial charge in [0.2, 0.25) is 0 Å². The maximum Gasteiger partial charge on any atom is 0.261 e. The Morgan fingerprint density at radius 3 is 2.60 bits per heavy atom. The summed E-state index contributed by atoms with van der Waals surface area (Å²) < 4.78 is 1.62. The van der Waals surface area contributed by atoms with E-state index in [1.165, 1.54) is 0 Å². The molecular formula is C15H12ClN3O. The Balaban J connectivity index is 2.18. The lowest BCUT2D eigenvalue weighted by molar-refractivity contribution is 0.705. The van der Waals surface area contributed by atoms with Crippen LogP contribution < -0.4 is 5.56 Å². The third kappa shape index (κ3) is 2.30. The summed E-state index contributed by atoms with van der Waals surface area (Å²) in [5, 5.41) is 0.607. The third-order valence-electron chi connectivity index (χ3n) is 3.15. The van der Waals surface area contributed by atoms with Gasteiger partial charge >= 0.3 is 0 Å². The monoisotopic (exact) mass is 285 g/mol. The van der Waals surface area contributed by atoms with Gasteiger partial charge in [0.25, 0.3) is 5.56 Å². The van der Waals surface area contributed by atoms with Crippen LogP contribution in [0.25, 0.3) is 10.9 Å². The van der Waals surface area contributed by atoms with Crippen molar-refractivity contribution in [1.29, 1.82) is 0 Å². The molecule has 0 amide bonds. The molecule has 0 bridgehead atoms. The third-order valence-corrected chi connectivity index (χ3v) is 3.39. The SMILES string of the molecule is O=c1c2ccccc2nc(CCl)n1Cc1ccncc1. The maximum absolute atomic E-state index is 12.6. The number of fused-ring (bicyclic) bond motifs is 1. The molecule has 2 heterocycles. The molecule has 0 aliphatic rings. The van der Waals surface area contributed by atoms with Crippen molar-refractivity contribution in [1.82, 2.24) is 14.5 Å². The maximum atomic E-state index is 12.6. The topological polar surface area (TPSA) is 47.8 Å². The molecule has 5 heteroatoms. The summed E-state index contributed by atoms with van der Waals surface area (Å²) in [6.07, 6.45) is 3.41. The Morgan fingerprint density at radius 1 is 1.10 bits per heavy atom. The molecule has 100 valence electrons. The van der Waals surface area contributed by atoms with Gasteiger partial charge in [0.05, 0.1) is 23.3 Å². The van der Waals surface area contributed by atoms with Crippen molar-refractivity contribution < 1.29 is 0 Å². The molecule has 0 atom stereocenters. The smallest absolute Gasteiger partial charge is 0.261 e. The van der Waals surface area contributed by atoms with Crippen LogP contribution in [0.3, 0.4) is 0 Å². The predicted molar refractivity (Wildman–Crippen MR) is 78.9 cm³/mol. The molecule has 1 aromatic carbocycles. The fourth-order valence-corrected chi connectivity index (χ4v) is 2.35. The highest BCUT2D eigenvalue weighted by Crippen LogP contribution is 2.11. The van der Waals surface area contributed by atoms with Gasteiger partial charge in [-0.1, -0.05) is 12.1 Å². The zero-order valence-electron chi connectivity index (χ0n) is 10.7. The van der Waals surface area contributed by atoms with E-state index in [-0.39, 0.29) is 11.4 Å². The lowest BCUT2D eigenvalue weighted by atomic mass is 10.2. The second kappa shape index (κ2) is 5.43. The average molecular weight is 286 g/mol. The quantitative estimate of drug-likeness (QED) is 0.695. The van der Waals surface area contributed by atoms with Crippen molar-refractivity contribution in [2.45, 2.75) is 12.4 Å². The van der Waals surface area contributed by atoms with E-state index in [0.29, 0.717) is 23.3 Å². The first kappa shape index (κ1) is 12.8. The van der Waals surface area contributed by atoms with Gasteiger partial charge in [-0.3, -0.25) is 14.3 Å². The fourth-order valence-electron chi connectivity index (χ4n) is 2.15. The standard InChI is InChI=1S/C15H12ClN3O/c16-9-14-18-13-4-2-1-3-12(13)15(20)19(14)10-11-5-7-17-8-6-11/h1-8H,9-10H2. The highest BCUT2D eigenvalue weighted by molar-refractivity contribution is 6.16. The van der Waals surface area contributed by atoms with Crippen molar-refractivity contribution in [3.05, 3.63) is 70.5 Å². The summed E-state index contributed by atoms with van der Waals surface area (Å²) in [6, 6.07) is 11.1. The molecule has 0 aliphatic carbocycles. The zero-order chi connectivity index (χ0) is 13.9. The predicted octanol–water partition coefficient (Wildman–Crippen LogP) is 2.58. The largest absolute Gasteiger partial charge is 0.291 e. The van der Waals surface area contributed by atoms with Crippen LogP contribution in [0.5, 0.6) is 0 Å². The first-order chi connectivity index (χ1) is 9.79. The molecule has 0 saturated heterocycles. The van der Waals surface area contributed by atoms with E-state index in [1.54, 1.807) is 23.0 Å².